The van der Waals surface area contributed by atoms with Crippen molar-refractivity contribution in [2.45, 2.75) is 83.9 Å². The van der Waals surface area contributed by atoms with Crippen LogP contribution in [0, 0.1) is 11.6 Å². The molecule has 1 fully saturated rings. The lowest BCUT2D eigenvalue weighted by Gasteiger charge is -2.41. The number of aliphatic hydroxyl groups excluding tert-OH is 1. The van der Waals surface area contributed by atoms with Crippen molar-refractivity contribution in [2.24, 2.45) is 5.73 Å². The molecular formula is C38H51ClF2N4O3. The minimum absolute atomic E-state index is 0. The van der Waals surface area contributed by atoms with Crippen molar-refractivity contribution in [3.05, 3.63) is 106 Å². The molecule has 0 spiro atoms. The van der Waals surface area contributed by atoms with Gasteiger partial charge in [0.15, 0.2) is 0 Å². The van der Waals surface area contributed by atoms with Gasteiger partial charge < -0.3 is 21.1 Å². The molecule has 4 rings (SSSR count). The molecule has 3 atom stereocenters. The maximum absolute atomic E-state index is 14.2. The number of rotatable bonds is 16. The van der Waals surface area contributed by atoms with Gasteiger partial charge in [-0.3, -0.25) is 14.5 Å². The lowest BCUT2D eigenvalue weighted by molar-refractivity contribution is 0.0332. The molecule has 1 unspecified atom stereocenters. The molecule has 10 heteroatoms. The molecule has 0 aromatic heterocycles. The van der Waals surface area contributed by atoms with E-state index in [1.54, 1.807) is 12.1 Å². The van der Waals surface area contributed by atoms with Crippen LogP contribution in [0.15, 0.2) is 60.7 Å². The van der Waals surface area contributed by atoms with Gasteiger partial charge in [0, 0.05) is 56.0 Å². The van der Waals surface area contributed by atoms with Crippen molar-refractivity contribution < 1.29 is 23.5 Å². The van der Waals surface area contributed by atoms with Gasteiger partial charge in [-0.15, -0.1) is 12.4 Å². The van der Waals surface area contributed by atoms with Gasteiger partial charge in [-0.25, -0.2) is 8.78 Å². The number of aryl methyl sites for hydroxylation is 1. The van der Waals surface area contributed by atoms with Crippen LogP contribution in [0.2, 0.25) is 0 Å². The molecule has 4 N–H and O–H groups in total. The second-order valence-corrected chi connectivity index (χ2v) is 12.8. The quantitative estimate of drug-likeness (QED) is 0.166. The second-order valence-electron chi connectivity index (χ2n) is 12.8. The Bertz CT molecular complexity index is 1480. The predicted octanol–water partition coefficient (Wildman–Crippen LogP) is 6.25. The summed E-state index contributed by atoms with van der Waals surface area (Å²) in [6, 6.07) is 16.6. The first kappa shape index (κ1) is 39.1. The summed E-state index contributed by atoms with van der Waals surface area (Å²) in [5.41, 5.74) is 10.1. The number of carbonyl (C=O) groups excluding carboxylic acids is 2. The lowest BCUT2D eigenvalue weighted by Crippen LogP contribution is -2.51. The van der Waals surface area contributed by atoms with E-state index in [9.17, 15) is 23.5 Å². The molecule has 3 aromatic carbocycles. The number of nitrogens with two attached hydrogens (primary N) is 1. The summed E-state index contributed by atoms with van der Waals surface area (Å²) >= 11 is 0. The lowest BCUT2D eigenvalue weighted by atomic mass is 9.86. The van der Waals surface area contributed by atoms with Crippen molar-refractivity contribution in [3.8, 4) is 0 Å². The Labute approximate surface area is 290 Å². The smallest absolute Gasteiger partial charge is 0.253 e. The highest BCUT2D eigenvalue weighted by Crippen LogP contribution is 2.31. The summed E-state index contributed by atoms with van der Waals surface area (Å²) in [5, 5.41) is 15.0. The van der Waals surface area contributed by atoms with Crippen molar-refractivity contribution in [3.63, 3.8) is 0 Å². The number of halogens is 3. The fourth-order valence-corrected chi connectivity index (χ4v) is 6.71. The van der Waals surface area contributed by atoms with E-state index >= 15 is 0 Å². The van der Waals surface area contributed by atoms with Gasteiger partial charge >= 0.3 is 0 Å². The Hall–Kier alpha value is -3.37. The molecule has 262 valence electrons. The average molecular weight is 685 g/mol. The van der Waals surface area contributed by atoms with Crippen LogP contribution >= 0.6 is 12.4 Å². The number of primary amides is 1. The van der Waals surface area contributed by atoms with Crippen LogP contribution in [0.1, 0.15) is 95.3 Å². The van der Waals surface area contributed by atoms with E-state index in [-0.39, 0.29) is 30.7 Å². The highest BCUT2D eigenvalue weighted by atomic mass is 35.5. The first-order valence-electron chi connectivity index (χ1n) is 17.0. The van der Waals surface area contributed by atoms with E-state index in [0.29, 0.717) is 56.0 Å². The zero-order valence-corrected chi connectivity index (χ0v) is 29.2. The minimum Gasteiger partial charge on any atom is -0.390 e. The van der Waals surface area contributed by atoms with Gasteiger partial charge in [-0.2, -0.15) is 0 Å². The van der Waals surface area contributed by atoms with Crippen molar-refractivity contribution in [1.29, 1.82) is 0 Å². The Morgan fingerprint density at radius 2 is 1.62 bits per heavy atom. The Morgan fingerprint density at radius 3 is 2.27 bits per heavy atom. The summed E-state index contributed by atoms with van der Waals surface area (Å²) in [6.45, 7) is 9.52. The van der Waals surface area contributed by atoms with Crippen LogP contribution < -0.4 is 11.1 Å². The summed E-state index contributed by atoms with van der Waals surface area (Å²) in [6.07, 6.45) is 3.64. The number of hydrogen-bond acceptors (Lipinski definition) is 5. The summed E-state index contributed by atoms with van der Waals surface area (Å²) in [4.78, 5) is 29.9. The van der Waals surface area contributed by atoms with Crippen LogP contribution in [-0.4, -0.2) is 71.6 Å². The zero-order chi connectivity index (χ0) is 33.9. The number of hydrogen-bond donors (Lipinski definition) is 3. The van der Waals surface area contributed by atoms with Crippen LogP contribution in [0.3, 0.4) is 0 Å². The monoisotopic (exact) mass is 684 g/mol. The number of piperidine rings is 1. The molecule has 0 aliphatic carbocycles. The molecule has 1 aliphatic heterocycles. The van der Waals surface area contributed by atoms with E-state index in [0.717, 1.165) is 49.3 Å². The Morgan fingerprint density at radius 1 is 0.958 bits per heavy atom. The Balaban J connectivity index is 0.00000625. The zero-order valence-electron chi connectivity index (χ0n) is 28.4. The highest BCUT2D eigenvalue weighted by molar-refractivity contribution is 5.99. The third kappa shape index (κ3) is 10.8. The van der Waals surface area contributed by atoms with Gasteiger partial charge in [0.05, 0.1) is 6.10 Å². The molecule has 2 amide bonds. The molecular weight excluding hydrogens is 634 g/mol. The van der Waals surface area contributed by atoms with Gasteiger partial charge in [0.1, 0.15) is 11.6 Å². The first-order valence-corrected chi connectivity index (χ1v) is 17.0. The maximum Gasteiger partial charge on any atom is 0.253 e. The number of benzene rings is 3. The van der Waals surface area contributed by atoms with Gasteiger partial charge in [0.25, 0.3) is 5.91 Å². The van der Waals surface area contributed by atoms with Gasteiger partial charge in [-0.1, -0.05) is 45.0 Å². The standard InChI is InChI=1S/C38H50F2N4O3.ClH/c1-4-12-43(13-5-2)38(47)32-20-30(19-31(21-32)37(41)46)29-11-8-14-44(25-29)35(18-28-16-33(39)22-34(40)17-28)36(45)24-42-23-27-10-7-9-26(6-3)15-27;/h7,9-10,15-17,19-22,29,35-36,42,45H,4-6,8,11-14,18,23-25H2,1-3H3,(H2,41,46);1H/t29?,35-,36+;/m0./s1. The highest BCUT2D eigenvalue weighted by Gasteiger charge is 2.32. The number of nitrogens with zero attached hydrogens (tertiary/aromatic N) is 2. The summed E-state index contributed by atoms with van der Waals surface area (Å²) in [5.74, 6) is -2.06. The number of amides is 2. The fraction of sp³-hybridized carbons (Fsp3) is 0.474. The molecule has 1 aliphatic rings. The van der Waals surface area contributed by atoms with E-state index in [1.807, 2.05) is 36.9 Å². The van der Waals surface area contributed by atoms with E-state index in [1.165, 1.54) is 17.7 Å². The third-order valence-electron chi connectivity index (χ3n) is 9.05. The number of nitrogens with one attached hydrogen (secondary N) is 1. The molecule has 0 radical (unpaired) electrons. The largest absolute Gasteiger partial charge is 0.390 e. The third-order valence-corrected chi connectivity index (χ3v) is 9.05. The molecule has 1 heterocycles. The minimum atomic E-state index is -0.833. The number of aliphatic hydroxyl groups is 1. The molecule has 0 bridgehead atoms. The second kappa shape index (κ2) is 19.0. The topological polar surface area (TPSA) is 98.9 Å². The molecule has 1 saturated heterocycles. The average Bonchev–Trinajstić information content (AvgIpc) is 3.06. The Kier molecular flexibility index (Phi) is 15.5. The van der Waals surface area contributed by atoms with Crippen LogP contribution in [0.5, 0.6) is 0 Å². The fourth-order valence-electron chi connectivity index (χ4n) is 6.71. The molecule has 0 saturated carbocycles. The van der Waals surface area contributed by atoms with Gasteiger partial charge in [-0.05, 0) is 104 Å². The molecule has 3 aromatic rings. The van der Waals surface area contributed by atoms with Crippen LogP contribution in [0.25, 0.3) is 0 Å². The SMILES string of the molecule is CCCN(CCC)C(=O)c1cc(C(N)=O)cc(C2CCCN([C@@H](Cc3cc(F)cc(F)c3)[C@H](O)CNCc3cccc(CC)c3)C2)c1.Cl. The van der Waals surface area contributed by atoms with Crippen molar-refractivity contribution >= 4 is 24.2 Å². The van der Waals surface area contributed by atoms with Crippen LogP contribution in [-0.2, 0) is 19.4 Å². The van der Waals surface area contributed by atoms with E-state index in [4.69, 9.17) is 5.73 Å². The number of likely N-dealkylation sites (tertiary alicyclic amines) is 1. The first-order chi connectivity index (χ1) is 22.6. The maximum atomic E-state index is 14.2. The molecule has 7 nitrogen and oxygen atoms in total. The summed E-state index contributed by atoms with van der Waals surface area (Å²) in [7, 11) is 0. The predicted molar refractivity (Wildman–Crippen MR) is 190 cm³/mol. The van der Waals surface area contributed by atoms with Crippen LogP contribution in [0.4, 0.5) is 8.78 Å². The van der Waals surface area contributed by atoms with Gasteiger partial charge in [0.2, 0.25) is 5.91 Å². The summed E-state index contributed by atoms with van der Waals surface area (Å²) < 4.78 is 28.4. The van der Waals surface area contributed by atoms with Crippen molar-refractivity contribution in [2.75, 3.05) is 32.7 Å². The molecule has 48 heavy (non-hydrogen) atoms. The van der Waals surface area contributed by atoms with E-state index in [2.05, 4.69) is 29.3 Å². The van der Waals surface area contributed by atoms with Crippen molar-refractivity contribution in [1.82, 2.24) is 15.1 Å². The number of carbonyl (C=O) groups is 2. The normalized spacial score (nSPS) is 16.2. The van der Waals surface area contributed by atoms with E-state index < -0.39 is 29.7 Å².